The lowest BCUT2D eigenvalue weighted by molar-refractivity contribution is -0.139. The van der Waals surface area contributed by atoms with Crippen molar-refractivity contribution in [3.05, 3.63) is 34.4 Å². The van der Waals surface area contributed by atoms with Crippen LogP contribution in [0.3, 0.4) is 0 Å². The predicted molar refractivity (Wildman–Crippen MR) is 74.3 cm³/mol. The number of nitrogens with zero attached hydrogens (tertiary/aromatic N) is 1. The van der Waals surface area contributed by atoms with Gasteiger partial charge in [0.05, 0.1) is 30.2 Å². The number of rotatable bonds is 5. The largest absolute Gasteiger partial charge is 0.481 e. The molecule has 0 aromatic heterocycles. The first-order valence-corrected chi connectivity index (χ1v) is 6.57. The van der Waals surface area contributed by atoms with Crippen LogP contribution in [0.15, 0.2) is 12.1 Å². The fraction of sp³-hybridized carbons (Fsp3) is 0.400. The number of methoxy groups -OCH3 is 1. The minimum atomic E-state index is -1.04. The number of carbonyl (C=O) groups excluding carboxylic acids is 2. The molecule has 2 amide bonds. The molecule has 2 rings (SSSR count). The third-order valence-corrected chi connectivity index (χ3v) is 3.66. The van der Waals surface area contributed by atoms with Crippen LogP contribution < -0.4 is 0 Å². The number of carboxylic acids is 1. The molecule has 112 valence electrons. The molecule has 0 fully saturated rings. The van der Waals surface area contributed by atoms with Crippen molar-refractivity contribution in [1.82, 2.24) is 4.90 Å². The van der Waals surface area contributed by atoms with Gasteiger partial charge in [-0.05, 0) is 25.0 Å². The van der Waals surface area contributed by atoms with Crippen molar-refractivity contribution in [3.8, 4) is 0 Å². The Labute approximate surface area is 122 Å². The van der Waals surface area contributed by atoms with Gasteiger partial charge in [-0.2, -0.15) is 0 Å². The normalized spacial score (nSPS) is 15.3. The maximum Gasteiger partial charge on any atom is 0.306 e. The summed E-state index contributed by atoms with van der Waals surface area (Å²) in [5.41, 5.74) is 2.29. The van der Waals surface area contributed by atoms with E-state index in [9.17, 15) is 14.4 Å². The molecular formula is C15H17NO5. The first-order valence-electron chi connectivity index (χ1n) is 6.57. The number of imide groups is 1. The van der Waals surface area contributed by atoms with Gasteiger partial charge in [0.25, 0.3) is 11.8 Å². The Morgan fingerprint density at radius 1 is 1.19 bits per heavy atom. The number of benzene rings is 1. The van der Waals surface area contributed by atoms with Crippen LogP contribution in [0.2, 0.25) is 0 Å². The summed E-state index contributed by atoms with van der Waals surface area (Å²) in [5.74, 6) is -1.81. The molecular weight excluding hydrogens is 274 g/mol. The number of amides is 2. The lowest BCUT2D eigenvalue weighted by Gasteiger charge is -2.20. The van der Waals surface area contributed by atoms with E-state index < -0.39 is 12.1 Å². The van der Waals surface area contributed by atoms with E-state index in [1.54, 1.807) is 26.0 Å². The monoisotopic (exact) mass is 291 g/mol. The van der Waals surface area contributed by atoms with Crippen LogP contribution in [0.5, 0.6) is 0 Å². The summed E-state index contributed by atoms with van der Waals surface area (Å²) in [6.45, 7) is 3.49. The van der Waals surface area contributed by atoms with Gasteiger partial charge in [-0.1, -0.05) is 12.1 Å². The van der Waals surface area contributed by atoms with Gasteiger partial charge in [0, 0.05) is 7.11 Å². The fourth-order valence-corrected chi connectivity index (χ4v) is 2.51. The molecule has 0 radical (unpaired) electrons. The summed E-state index contributed by atoms with van der Waals surface area (Å²) in [7, 11) is 1.36. The zero-order chi connectivity index (χ0) is 15.7. The number of hydrogen-bond acceptors (Lipinski definition) is 4. The highest BCUT2D eigenvalue weighted by atomic mass is 16.5. The van der Waals surface area contributed by atoms with E-state index in [0.717, 1.165) is 16.0 Å². The van der Waals surface area contributed by atoms with Crippen LogP contribution in [0.25, 0.3) is 0 Å². The molecule has 1 atom stereocenters. The van der Waals surface area contributed by atoms with Crippen molar-refractivity contribution in [3.63, 3.8) is 0 Å². The zero-order valence-corrected chi connectivity index (χ0v) is 12.2. The summed E-state index contributed by atoms with van der Waals surface area (Å²) in [4.78, 5) is 36.7. The third-order valence-electron chi connectivity index (χ3n) is 3.66. The molecule has 1 aromatic rings. The predicted octanol–water partition coefficient (Wildman–Crippen LogP) is 1.39. The second-order valence-electron chi connectivity index (χ2n) is 5.13. The molecule has 0 spiro atoms. The van der Waals surface area contributed by atoms with E-state index in [4.69, 9.17) is 9.84 Å². The summed E-state index contributed by atoms with van der Waals surface area (Å²) in [5, 5.41) is 8.81. The number of aliphatic carboxylic acids is 1. The maximum atomic E-state index is 12.4. The third kappa shape index (κ3) is 2.67. The van der Waals surface area contributed by atoms with E-state index in [-0.39, 0.29) is 24.8 Å². The molecule has 1 N–H and O–H groups in total. The van der Waals surface area contributed by atoms with E-state index in [2.05, 4.69) is 0 Å². The second-order valence-corrected chi connectivity index (χ2v) is 5.13. The number of carboxylic acid groups (broad SMARTS) is 1. The number of fused-ring (bicyclic) bond motifs is 1. The highest BCUT2D eigenvalue weighted by molar-refractivity contribution is 6.22. The highest BCUT2D eigenvalue weighted by Gasteiger charge is 2.39. The van der Waals surface area contributed by atoms with Crippen molar-refractivity contribution in [2.45, 2.75) is 26.4 Å². The second kappa shape index (κ2) is 5.65. The molecule has 0 saturated heterocycles. The Morgan fingerprint density at radius 2 is 1.67 bits per heavy atom. The maximum absolute atomic E-state index is 12.4. The SMILES string of the molecule is COC(CC(=O)O)CN1C(=O)c2c(C)ccc(C)c2C1=O. The quantitative estimate of drug-likeness (QED) is 0.829. The Kier molecular flexibility index (Phi) is 4.09. The zero-order valence-electron chi connectivity index (χ0n) is 12.2. The summed E-state index contributed by atoms with van der Waals surface area (Å²) in [6, 6.07) is 3.60. The Morgan fingerprint density at radius 3 is 2.05 bits per heavy atom. The summed E-state index contributed by atoms with van der Waals surface area (Å²) < 4.78 is 5.05. The Bertz CT molecular complexity index is 582. The Balaban J connectivity index is 2.31. The molecule has 1 aliphatic heterocycles. The minimum absolute atomic E-state index is 0.0615. The van der Waals surface area contributed by atoms with E-state index in [0.29, 0.717) is 11.1 Å². The number of aryl methyl sites for hydroxylation is 2. The van der Waals surface area contributed by atoms with Crippen LogP contribution in [0.1, 0.15) is 38.3 Å². The summed E-state index contributed by atoms with van der Waals surface area (Å²) >= 11 is 0. The van der Waals surface area contributed by atoms with Gasteiger partial charge in [-0.3, -0.25) is 19.3 Å². The highest BCUT2D eigenvalue weighted by Crippen LogP contribution is 2.29. The average Bonchev–Trinajstić information content (AvgIpc) is 2.67. The molecule has 1 aliphatic rings. The minimum Gasteiger partial charge on any atom is -0.481 e. The summed E-state index contributed by atoms with van der Waals surface area (Å²) in [6.07, 6.45) is -0.979. The van der Waals surface area contributed by atoms with Crippen LogP contribution in [-0.4, -0.2) is 47.5 Å². The smallest absolute Gasteiger partial charge is 0.306 e. The molecule has 1 unspecified atom stereocenters. The molecule has 0 aliphatic carbocycles. The number of carbonyl (C=O) groups is 3. The molecule has 6 nitrogen and oxygen atoms in total. The van der Waals surface area contributed by atoms with Crippen molar-refractivity contribution < 1.29 is 24.2 Å². The van der Waals surface area contributed by atoms with E-state index in [1.807, 2.05) is 0 Å². The van der Waals surface area contributed by atoms with Gasteiger partial charge < -0.3 is 9.84 Å². The fourth-order valence-electron chi connectivity index (χ4n) is 2.51. The standard InChI is InChI=1S/C15H17NO5/c1-8-4-5-9(2)13-12(8)14(19)16(15(13)20)7-10(21-3)6-11(17)18/h4-5,10H,6-7H2,1-3H3,(H,17,18). The lowest BCUT2D eigenvalue weighted by Crippen LogP contribution is -2.38. The van der Waals surface area contributed by atoms with Gasteiger partial charge >= 0.3 is 5.97 Å². The van der Waals surface area contributed by atoms with Crippen LogP contribution >= 0.6 is 0 Å². The molecule has 0 bridgehead atoms. The van der Waals surface area contributed by atoms with Crippen LogP contribution in [0, 0.1) is 13.8 Å². The molecule has 0 saturated carbocycles. The van der Waals surface area contributed by atoms with Gasteiger partial charge in [0.2, 0.25) is 0 Å². The topological polar surface area (TPSA) is 83.9 Å². The van der Waals surface area contributed by atoms with Gasteiger partial charge in [0.1, 0.15) is 0 Å². The number of ether oxygens (including phenoxy) is 1. The average molecular weight is 291 g/mol. The molecule has 6 heteroatoms. The lowest BCUT2D eigenvalue weighted by atomic mass is 9.99. The van der Waals surface area contributed by atoms with E-state index >= 15 is 0 Å². The van der Waals surface area contributed by atoms with Crippen LogP contribution in [-0.2, 0) is 9.53 Å². The van der Waals surface area contributed by atoms with Crippen molar-refractivity contribution >= 4 is 17.8 Å². The first-order chi connectivity index (χ1) is 9.86. The van der Waals surface area contributed by atoms with Gasteiger partial charge in [0.15, 0.2) is 0 Å². The van der Waals surface area contributed by atoms with Gasteiger partial charge in [-0.15, -0.1) is 0 Å². The Hall–Kier alpha value is -2.21. The van der Waals surface area contributed by atoms with Crippen LogP contribution in [0.4, 0.5) is 0 Å². The molecule has 1 aromatic carbocycles. The van der Waals surface area contributed by atoms with Crippen molar-refractivity contribution in [2.75, 3.05) is 13.7 Å². The molecule has 21 heavy (non-hydrogen) atoms. The molecule has 1 heterocycles. The number of hydrogen-bond donors (Lipinski definition) is 1. The van der Waals surface area contributed by atoms with E-state index in [1.165, 1.54) is 7.11 Å². The van der Waals surface area contributed by atoms with Crippen molar-refractivity contribution in [1.29, 1.82) is 0 Å². The van der Waals surface area contributed by atoms with Crippen molar-refractivity contribution in [2.24, 2.45) is 0 Å². The first kappa shape index (κ1) is 15.2. The van der Waals surface area contributed by atoms with Gasteiger partial charge in [-0.25, -0.2) is 0 Å².